The molecular weight excluding hydrogens is 360 g/mol. The van der Waals surface area contributed by atoms with Crippen LogP contribution in [0.3, 0.4) is 0 Å². The van der Waals surface area contributed by atoms with Gasteiger partial charge in [-0.05, 0) is 45.9 Å². The van der Waals surface area contributed by atoms with E-state index in [0.29, 0.717) is 28.1 Å². The van der Waals surface area contributed by atoms with E-state index < -0.39 is 5.97 Å². The van der Waals surface area contributed by atoms with E-state index in [1.54, 1.807) is 42.4 Å². The van der Waals surface area contributed by atoms with Crippen LogP contribution in [0, 0.1) is 0 Å². The predicted molar refractivity (Wildman–Crippen MR) is 104 cm³/mol. The maximum absolute atomic E-state index is 12.8. The second-order valence-electron chi connectivity index (χ2n) is 7.13. The van der Waals surface area contributed by atoms with E-state index in [1.807, 2.05) is 27.7 Å². The van der Waals surface area contributed by atoms with Gasteiger partial charge >= 0.3 is 5.97 Å². The molecule has 8 heteroatoms. The molecule has 0 aliphatic rings. The molecule has 148 valence electrons. The molecule has 8 nitrogen and oxygen atoms in total. The summed E-state index contributed by atoms with van der Waals surface area (Å²) in [5, 5.41) is 4.92. The van der Waals surface area contributed by atoms with Crippen LogP contribution in [0.4, 0.5) is 0 Å². The highest BCUT2D eigenvalue weighted by molar-refractivity contribution is 6.04. The second kappa shape index (κ2) is 7.84. The van der Waals surface area contributed by atoms with Crippen LogP contribution in [-0.4, -0.2) is 51.2 Å². The lowest BCUT2D eigenvalue weighted by Gasteiger charge is -2.21. The molecule has 0 bridgehead atoms. The molecule has 3 heterocycles. The smallest absolute Gasteiger partial charge is 0.339 e. The predicted octanol–water partition coefficient (Wildman–Crippen LogP) is 3.30. The van der Waals surface area contributed by atoms with Gasteiger partial charge in [0.1, 0.15) is 5.69 Å². The monoisotopic (exact) mass is 384 g/mol. The Labute approximate surface area is 163 Å². The molecule has 3 aromatic rings. The Balaban J connectivity index is 1.97. The quantitative estimate of drug-likeness (QED) is 0.606. The zero-order chi connectivity index (χ0) is 20.4. The Morgan fingerprint density at radius 3 is 2.64 bits per heavy atom. The summed E-state index contributed by atoms with van der Waals surface area (Å²) in [6.07, 6.45) is 3.13. The average Bonchev–Trinajstić information content (AvgIpc) is 3.33. The number of aromatic nitrogens is 3. The van der Waals surface area contributed by atoms with E-state index in [1.165, 1.54) is 4.90 Å². The Morgan fingerprint density at radius 2 is 2.04 bits per heavy atom. The van der Waals surface area contributed by atoms with E-state index >= 15 is 0 Å². The first kappa shape index (κ1) is 19.6. The summed E-state index contributed by atoms with van der Waals surface area (Å²) in [5.74, 6) is -0.338. The van der Waals surface area contributed by atoms with Crippen LogP contribution in [-0.2, 0) is 9.53 Å². The summed E-state index contributed by atoms with van der Waals surface area (Å²) >= 11 is 0. The third-order valence-corrected chi connectivity index (χ3v) is 4.54. The van der Waals surface area contributed by atoms with Crippen LogP contribution in [0.1, 0.15) is 44.1 Å². The fraction of sp³-hybridized carbons (Fsp3) is 0.400. The van der Waals surface area contributed by atoms with Gasteiger partial charge in [-0.3, -0.25) is 4.79 Å². The molecule has 0 saturated heterocycles. The Bertz CT molecular complexity index is 989. The van der Waals surface area contributed by atoms with Crippen molar-refractivity contribution >= 4 is 22.9 Å². The number of hydrogen-bond acceptors (Lipinski definition) is 6. The van der Waals surface area contributed by atoms with Crippen molar-refractivity contribution in [2.75, 3.05) is 13.7 Å². The molecule has 3 aromatic heterocycles. The van der Waals surface area contributed by atoms with Crippen molar-refractivity contribution in [3.63, 3.8) is 0 Å². The molecule has 0 aromatic carbocycles. The van der Waals surface area contributed by atoms with Crippen molar-refractivity contribution in [1.29, 1.82) is 0 Å². The molecule has 28 heavy (non-hydrogen) atoms. The molecule has 0 N–H and O–H groups in total. The number of esters is 1. The number of furan rings is 1. The maximum atomic E-state index is 12.8. The Kier molecular flexibility index (Phi) is 5.48. The minimum Gasteiger partial charge on any atom is -0.463 e. The number of amides is 1. The van der Waals surface area contributed by atoms with Crippen LogP contribution in [0.5, 0.6) is 0 Å². The number of fused-ring (bicyclic) bond motifs is 1. The first-order valence-electron chi connectivity index (χ1n) is 9.14. The lowest BCUT2D eigenvalue weighted by atomic mass is 10.1. The summed E-state index contributed by atoms with van der Waals surface area (Å²) in [5.41, 5.74) is 1.35. The molecule has 0 saturated carbocycles. The van der Waals surface area contributed by atoms with Gasteiger partial charge in [0.05, 0.1) is 23.4 Å². The first-order chi connectivity index (χ1) is 13.3. The highest BCUT2D eigenvalue weighted by atomic mass is 16.5. The fourth-order valence-electron chi connectivity index (χ4n) is 2.71. The third kappa shape index (κ3) is 3.76. The van der Waals surface area contributed by atoms with Gasteiger partial charge < -0.3 is 14.1 Å². The van der Waals surface area contributed by atoms with Crippen molar-refractivity contribution < 1.29 is 18.7 Å². The summed E-state index contributed by atoms with van der Waals surface area (Å²) in [6, 6.07) is 5.20. The summed E-state index contributed by atoms with van der Waals surface area (Å²) < 4.78 is 12.4. The number of nitrogens with zero attached hydrogens (tertiary/aromatic N) is 4. The van der Waals surface area contributed by atoms with Gasteiger partial charge in [0.2, 0.25) is 0 Å². The number of rotatable bonds is 6. The highest BCUT2D eigenvalue weighted by Crippen LogP contribution is 2.27. The molecule has 0 atom stereocenters. The van der Waals surface area contributed by atoms with E-state index in [4.69, 9.17) is 9.15 Å². The largest absolute Gasteiger partial charge is 0.463 e. The van der Waals surface area contributed by atoms with Crippen LogP contribution in [0.15, 0.2) is 35.1 Å². The standard InChI is InChI=1S/C20H24N4O4/c1-12(2)23(5)18(25)11-28-20(26)14-9-16(17-7-6-8-27-17)22-19-15(14)10-21-24(19)13(3)4/h6-10,12-13H,11H2,1-5H3. The van der Waals surface area contributed by atoms with Gasteiger partial charge in [0.15, 0.2) is 18.0 Å². The van der Waals surface area contributed by atoms with Crippen molar-refractivity contribution in [1.82, 2.24) is 19.7 Å². The van der Waals surface area contributed by atoms with Crippen molar-refractivity contribution in [3.8, 4) is 11.5 Å². The number of pyridine rings is 1. The van der Waals surface area contributed by atoms with Gasteiger partial charge in [0.25, 0.3) is 5.91 Å². The fourth-order valence-corrected chi connectivity index (χ4v) is 2.71. The topological polar surface area (TPSA) is 90.5 Å². The van der Waals surface area contributed by atoms with Gasteiger partial charge in [-0.25, -0.2) is 14.5 Å². The molecule has 0 unspecified atom stereocenters. The van der Waals surface area contributed by atoms with Gasteiger partial charge in [-0.15, -0.1) is 0 Å². The number of carbonyl (C=O) groups is 2. The maximum Gasteiger partial charge on any atom is 0.339 e. The summed E-state index contributed by atoms with van der Waals surface area (Å²) in [6.45, 7) is 7.41. The van der Waals surface area contributed by atoms with Gasteiger partial charge in [0, 0.05) is 19.1 Å². The van der Waals surface area contributed by atoms with E-state index in [-0.39, 0.29) is 24.6 Å². The van der Waals surface area contributed by atoms with Gasteiger partial charge in [-0.2, -0.15) is 5.10 Å². The molecule has 3 rings (SSSR count). The van der Waals surface area contributed by atoms with E-state index in [9.17, 15) is 9.59 Å². The van der Waals surface area contributed by atoms with Gasteiger partial charge in [-0.1, -0.05) is 0 Å². The van der Waals surface area contributed by atoms with Crippen molar-refractivity contribution in [2.45, 2.75) is 39.8 Å². The molecule has 0 aliphatic carbocycles. The SMILES string of the molecule is CC(C)N(C)C(=O)COC(=O)c1cc(-c2ccco2)nc2c1cnn2C(C)C. The normalized spacial score (nSPS) is 11.4. The van der Waals surface area contributed by atoms with Crippen LogP contribution < -0.4 is 0 Å². The molecule has 0 radical (unpaired) electrons. The highest BCUT2D eigenvalue weighted by Gasteiger charge is 2.22. The van der Waals surface area contributed by atoms with Crippen molar-refractivity contribution in [2.24, 2.45) is 0 Å². The summed E-state index contributed by atoms with van der Waals surface area (Å²) in [7, 11) is 1.67. The van der Waals surface area contributed by atoms with Crippen molar-refractivity contribution in [3.05, 3.63) is 36.2 Å². The number of hydrogen-bond donors (Lipinski definition) is 0. The zero-order valence-corrected chi connectivity index (χ0v) is 16.7. The van der Waals surface area contributed by atoms with Crippen LogP contribution >= 0.6 is 0 Å². The van der Waals surface area contributed by atoms with E-state index in [2.05, 4.69) is 10.1 Å². The van der Waals surface area contributed by atoms with E-state index in [0.717, 1.165) is 0 Å². The number of likely N-dealkylation sites (N-methyl/N-ethyl adjacent to an activating group) is 1. The lowest BCUT2D eigenvalue weighted by molar-refractivity contribution is -0.134. The second-order valence-corrected chi connectivity index (χ2v) is 7.13. The Hall–Kier alpha value is -3.16. The number of ether oxygens (including phenoxy) is 1. The number of carbonyl (C=O) groups excluding carboxylic acids is 2. The molecule has 1 amide bonds. The molecule has 0 spiro atoms. The average molecular weight is 384 g/mol. The lowest BCUT2D eigenvalue weighted by Crippen LogP contribution is -2.36. The zero-order valence-electron chi connectivity index (χ0n) is 16.7. The minimum absolute atomic E-state index is 0.0219. The van der Waals surface area contributed by atoms with Crippen LogP contribution in [0.25, 0.3) is 22.5 Å². The minimum atomic E-state index is -0.603. The molecule has 0 fully saturated rings. The molecule has 0 aliphatic heterocycles. The molecular formula is C20H24N4O4. The Morgan fingerprint density at radius 1 is 1.29 bits per heavy atom. The first-order valence-corrected chi connectivity index (χ1v) is 9.14. The third-order valence-electron chi connectivity index (χ3n) is 4.54. The van der Waals surface area contributed by atoms with Crippen LogP contribution in [0.2, 0.25) is 0 Å². The summed E-state index contributed by atoms with van der Waals surface area (Å²) in [4.78, 5) is 31.0.